The third kappa shape index (κ3) is 4.03. The number of carbonyl (C=O) groups excluding carboxylic acids is 1. The summed E-state index contributed by atoms with van der Waals surface area (Å²) in [6, 6.07) is 13.4. The van der Waals surface area contributed by atoms with E-state index in [9.17, 15) is 13.2 Å². The molecular weight excluding hydrogens is 398 g/mol. The minimum Gasteiger partial charge on any atom is -0.368 e. The normalized spacial score (nSPS) is 19.1. The highest BCUT2D eigenvalue weighted by molar-refractivity contribution is 7.92. The zero-order chi connectivity index (χ0) is 21.3. The van der Waals surface area contributed by atoms with Crippen LogP contribution in [0.2, 0.25) is 0 Å². The molecule has 2 aromatic rings. The van der Waals surface area contributed by atoms with Crippen LogP contribution >= 0.6 is 0 Å². The Bertz CT molecular complexity index is 1040. The monoisotopic (exact) mass is 427 g/mol. The third-order valence-electron chi connectivity index (χ3n) is 6.21. The fourth-order valence-electron chi connectivity index (χ4n) is 4.28. The van der Waals surface area contributed by atoms with Crippen LogP contribution in [0.1, 0.15) is 34.3 Å². The number of rotatable bonds is 3. The first-order valence-corrected chi connectivity index (χ1v) is 12.2. The number of nitrogens with zero attached hydrogens (tertiary/aromatic N) is 3. The van der Waals surface area contributed by atoms with Gasteiger partial charge in [0.25, 0.3) is 5.91 Å². The predicted molar refractivity (Wildman–Crippen MR) is 121 cm³/mol. The van der Waals surface area contributed by atoms with Crippen molar-refractivity contribution in [1.29, 1.82) is 0 Å². The summed E-state index contributed by atoms with van der Waals surface area (Å²) in [5.74, 6) is 0.137. The van der Waals surface area contributed by atoms with E-state index in [0.29, 0.717) is 37.3 Å². The van der Waals surface area contributed by atoms with Crippen molar-refractivity contribution < 1.29 is 13.2 Å². The summed E-state index contributed by atoms with van der Waals surface area (Å²) >= 11 is 0. The van der Waals surface area contributed by atoms with E-state index in [1.807, 2.05) is 4.90 Å². The van der Waals surface area contributed by atoms with Gasteiger partial charge < -0.3 is 9.80 Å². The van der Waals surface area contributed by atoms with E-state index in [1.165, 1.54) is 21.1 Å². The highest BCUT2D eigenvalue weighted by Gasteiger charge is 2.28. The zero-order valence-electron chi connectivity index (χ0n) is 17.7. The van der Waals surface area contributed by atoms with Crippen molar-refractivity contribution in [1.82, 2.24) is 4.90 Å². The first kappa shape index (κ1) is 20.7. The van der Waals surface area contributed by atoms with Gasteiger partial charge in [0.15, 0.2) is 0 Å². The van der Waals surface area contributed by atoms with Gasteiger partial charge in [-0.15, -0.1) is 0 Å². The summed E-state index contributed by atoms with van der Waals surface area (Å²) in [5.41, 5.74) is 4.94. The first-order chi connectivity index (χ1) is 14.4. The van der Waals surface area contributed by atoms with Gasteiger partial charge in [0.2, 0.25) is 10.0 Å². The van der Waals surface area contributed by atoms with Crippen LogP contribution < -0.4 is 9.21 Å². The van der Waals surface area contributed by atoms with E-state index >= 15 is 0 Å². The molecule has 2 aliphatic heterocycles. The molecule has 2 aliphatic rings. The third-order valence-corrected chi connectivity index (χ3v) is 8.08. The minimum absolute atomic E-state index is 0.0353. The maximum absolute atomic E-state index is 13.1. The maximum Gasteiger partial charge on any atom is 0.254 e. The maximum atomic E-state index is 13.1. The molecule has 4 rings (SSSR count). The molecule has 0 radical (unpaired) electrons. The Morgan fingerprint density at radius 2 is 1.63 bits per heavy atom. The Balaban J connectivity index is 1.46. The van der Waals surface area contributed by atoms with Gasteiger partial charge in [0.1, 0.15) is 0 Å². The van der Waals surface area contributed by atoms with Crippen molar-refractivity contribution in [2.24, 2.45) is 0 Å². The minimum atomic E-state index is -3.29. The zero-order valence-corrected chi connectivity index (χ0v) is 18.5. The number of piperazine rings is 1. The van der Waals surface area contributed by atoms with Gasteiger partial charge in [-0.05, 0) is 62.1 Å². The molecule has 1 amide bonds. The lowest BCUT2D eigenvalue weighted by atomic mass is 10.1. The van der Waals surface area contributed by atoms with E-state index in [4.69, 9.17) is 0 Å². The molecule has 0 bridgehead atoms. The summed E-state index contributed by atoms with van der Waals surface area (Å²) in [4.78, 5) is 17.3. The Labute approximate surface area is 179 Å². The molecule has 2 fully saturated rings. The first-order valence-electron chi connectivity index (χ1n) is 10.6. The average molecular weight is 428 g/mol. The molecule has 0 atom stereocenters. The topological polar surface area (TPSA) is 60.9 Å². The van der Waals surface area contributed by atoms with Crippen molar-refractivity contribution in [3.63, 3.8) is 0 Å². The molecule has 0 spiro atoms. The summed E-state index contributed by atoms with van der Waals surface area (Å²) in [5, 5.41) is 0. The molecule has 2 aromatic carbocycles. The van der Waals surface area contributed by atoms with Gasteiger partial charge in [-0.2, -0.15) is 0 Å². The second-order valence-corrected chi connectivity index (χ2v) is 10.2. The van der Waals surface area contributed by atoms with Gasteiger partial charge in [-0.25, -0.2) is 8.42 Å². The van der Waals surface area contributed by atoms with Crippen LogP contribution in [0.5, 0.6) is 0 Å². The van der Waals surface area contributed by atoms with Crippen LogP contribution in [0.15, 0.2) is 42.5 Å². The Morgan fingerprint density at radius 3 is 2.37 bits per heavy atom. The van der Waals surface area contributed by atoms with E-state index in [0.717, 1.165) is 19.5 Å². The van der Waals surface area contributed by atoms with Crippen LogP contribution in [-0.4, -0.2) is 57.7 Å². The van der Waals surface area contributed by atoms with Gasteiger partial charge in [0.05, 0.1) is 11.4 Å². The number of amides is 1. The molecule has 0 aromatic heterocycles. The van der Waals surface area contributed by atoms with E-state index < -0.39 is 10.0 Å². The molecule has 160 valence electrons. The molecule has 0 unspecified atom stereocenters. The van der Waals surface area contributed by atoms with Crippen molar-refractivity contribution in [3.05, 3.63) is 59.2 Å². The molecule has 6 nitrogen and oxygen atoms in total. The van der Waals surface area contributed by atoms with Crippen molar-refractivity contribution in [3.8, 4) is 0 Å². The number of hydrogen-bond acceptors (Lipinski definition) is 4. The lowest BCUT2D eigenvalue weighted by molar-refractivity contribution is 0.0747. The number of aryl methyl sites for hydroxylation is 1. The summed E-state index contributed by atoms with van der Waals surface area (Å²) in [6.07, 6.45) is 1.54. The summed E-state index contributed by atoms with van der Waals surface area (Å²) in [6.45, 7) is 7.62. The molecule has 0 aliphatic carbocycles. The largest absolute Gasteiger partial charge is 0.368 e. The lowest BCUT2D eigenvalue weighted by Gasteiger charge is -2.37. The van der Waals surface area contributed by atoms with Crippen LogP contribution in [0.3, 0.4) is 0 Å². The quantitative estimate of drug-likeness (QED) is 0.755. The van der Waals surface area contributed by atoms with E-state index in [-0.39, 0.29) is 11.7 Å². The van der Waals surface area contributed by atoms with Crippen LogP contribution in [0.25, 0.3) is 0 Å². The van der Waals surface area contributed by atoms with Crippen LogP contribution in [0.4, 0.5) is 11.4 Å². The lowest BCUT2D eigenvalue weighted by Crippen LogP contribution is -2.49. The molecule has 2 saturated heterocycles. The fraction of sp³-hybridized carbons (Fsp3) is 0.435. The molecule has 7 heteroatoms. The Morgan fingerprint density at radius 1 is 0.900 bits per heavy atom. The fourth-order valence-corrected chi connectivity index (χ4v) is 5.92. The van der Waals surface area contributed by atoms with Crippen LogP contribution in [0, 0.1) is 13.8 Å². The van der Waals surface area contributed by atoms with Crippen molar-refractivity contribution in [2.45, 2.75) is 26.7 Å². The Kier molecular flexibility index (Phi) is 5.73. The van der Waals surface area contributed by atoms with E-state index in [2.05, 4.69) is 36.9 Å². The van der Waals surface area contributed by atoms with Crippen molar-refractivity contribution in [2.75, 3.05) is 47.7 Å². The second kappa shape index (κ2) is 8.30. The van der Waals surface area contributed by atoms with Crippen molar-refractivity contribution >= 4 is 27.3 Å². The number of hydrogen-bond donors (Lipinski definition) is 0. The molecule has 0 saturated carbocycles. The molecule has 30 heavy (non-hydrogen) atoms. The van der Waals surface area contributed by atoms with Gasteiger partial charge in [-0.1, -0.05) is 18.2 Å². The van der Waals surface area contributed by atoms with Gasteiger partial charge in [-0.3, -0.25) is 9.10 Å². The number of carbonyl (C=O) groups is 1. The summed E-state index contributed by atoms with van der Waals surface area (Å²) < 4.78 is 26.3. The van der Waals surface area contributed by atoms with Gasteiger partial charge >= 0.3 is 0 Å². The Hall–Kier alpha value is -2.54. The number of sulfonamides is 1. The average Bonchev–Trinajstić information content (AvgIpc) is 2.75. The SMILES string of the molecule is Cc1cccc(N2CCN(C(=O)c3cccc(N4CCCCS4(=O)=O)c3)CC2)c1C. The highest BCUT2D eigenvalue weighted by atomic mass is 32.2. The molecule has 0 N–H and O–H groups in total. The summed E-state index contributed by atoms with van der Waals surface area (Å²) in [7, 11) is -3.29. The smallest absolute Gasteiger partial charge is 0.254 e. The second-order valence-electron chi connectivity index (χ2n) is 8.14. The van der Waals surface area contributed by atoms with E-state index in [1.54, 1.807) is 24.3 Å². The van der Waals surface area contributed by atoms with Crippen LogP contribution in [-0.2, 0) is 10.0 Å². The molecule has 2 heterocycles. The number of anilines is 2. The predicted octanol–water partition coefficient (Wildman–Crippen LogP) is 3.20. The molecular formula is C23H29N3O3S. The number of benzene rings is 2. The standard InChI is InChI=1S/C23H29N3O3S/c1-18-7-5-10-22(19(18)2)24-12-14-25(15-13-24)23(27)20-8-6-9-21(17-20)26-11-3-4-16-30(26,28)29/h5-10,17H,3-4,11-16H2,1-2H3. The highest BCUT2D eigenvalue weighted by Crippen LogP contribution is 2.26. The van der Waals surface area contributed by atoms with Gasteiger partial charge in [0, 0.05) is 44.0 Å².